The Balaban J connectivity index is 2.62. The van der Waals surface area contributed by atoms with E-state index in [4.69, 9.17) is 1.37 Å². The molecule has 2 rings (SSSR count). The summed E-state index contributed by atoms with van der Waals surface area (Å²) in [4.78, 5) is 0.260. The average Bonchev–Trinajstić information content (AvgIpc) is 2.30. The van der Waals surface area contributed by atoms with Gasteiger partial charge in [0, 0.05) is 0 Å². The maximum absolute atomic E-state index is 12.1. The van der Waals surface area contributed by atoms with Crippen LogP contribution in [0, 0.1) is 0 Å². The monoisotopic (exact) mass is 219 g/mol. The predicted octanol–water partition coefficient (Wildman–Crippen LogP) is 2.52. The molecule has 0 fully saturated rings. The molecule has 0 aliphatic heterocycles. The van der Waals surface area contributed by atoms with Crippen molar-refractivity contribution in [3.63, 3.8) is 0 Å². The molecule has 0 amide bonds. The van der Waals surface area contributed by atoms with Crippen molar-refractivity contribution in [2.24, 2.45) is 0 Å². The highest BCUT2D eigenvalue weighted by molar-refractivity contribution is 7.91. The van der Waals surface area contributed by atoms with Crippen LogP contribution in [0.3, 0.4) is 0 Å². The van der Waals surface area contributed by atoms with E-state index in [1.54, 1.807) is 30.3 Å². The Labute approximate surface area is 90.5 Å². The Bertz CT molecular complexity index is 591. The van der Waals surface area contributed by atoms with E-state index in [0.717, 1.165) is 0 Å². The lowest BCUT2D eigenvalue weighted by Gasteiger charge is -2.03. The second-order valence-electron chi connectivity index (χ2n) is 3.04. The molecule has 0 atom stereocenters. The predicted molar refractivity (Wildman–Crippen MR) is 58.3 cm³/mol. The Hall–Kier alpha value is -1.61. The fourth-order valence-corrected chi connectivity index (χ4v) is 2.52. The molecule has 76 valence electrons. The molecule has 0 heterocycles. The molecule has 0 saturated carbocycles. The maximum Gasteiger partial charge on any atom is 0.206 e. The van der Waals surface area contributed by atoms with E-state index in [9.17, 15) is 8.42 Å². The largest absolute Gasteiger partial charge is 0.219 e. The van der Waals surface area contributed by atoms with Crippen LogP contribution < -0.4 is 0 Å². The minimum atomic E-state index is -3.56. The Morgan fingerprint density at radius 2 is 1.33 bits per heavy atom. The van der Waals surface area contributed by atoms with E-state index >= 15 is 0 Å². The lowest BCUT2D eigenvalue weighted by Crippen LogP contribution is -2.00. The molecule has 0 aliphatic carbocycles. The molecule has 0 radical (unpaired) electrons. The van der Waals surface area contributed by atoms with Gasteiger partial charge in [0.25, 0.3) is 0 Å². The van der Waals surface area contributed by atoms with Gasteiger partial charge in [0.2, 0.25) is 9.84 Å². The molecular weight excluding hydrogens is 208 g/mol. The van der Waals surface area contributed by atoms with Gasteiger partial charge in [-0.05, 0) is 24.2 Å². The van der Waals surface area contributed by atoms with Crippen LogP contribution in [0.1, 0.15) is 1.37 Å². The molecule has 0 spiro atoms. The first-order chi connectivity index (χ1) is 7.62. The van der Waals surface area contributed by atoms with Crippen LogP contribution in [0.2, 0.25) is 0 Å². The zero-order chi connectivity index (χ0) is 11.6. The molecule has 2 aromatic carbocycles. The quantitative estimate of drug-likeness (QED) is 0.777. The van der Waals surface area contributed by atoms with Crippen LogP contribution in [0.4, 0.5) is 0 Å². The van der Waals surface area contributed by atoms with E-state index in [1.807, 2.05) is 0 Å². The van der Waals surface area contributed by atoms with Crippen molar-refractivity contribution in [2.75, 3.05) is 0 Å². The highest BCUT2D eigenvalue weighted by atomic mass is 32.2. The maximum atomic E-state index is 12.1. The number of rotatable bonds is 2. The Kier molecular flexibility index (Phi) is 2.24. The summed E-state index contributed by atoms with van der Waals surface area (Å²) in [6, 6.07) is 14.3. The van der Waals surface area contributed by atoms with Crippen LogP contribution in [0.5, 0.6) is 0 Å². The normalized spacial score (nSPS) is 12.1. The van der Waals surface area contributed by atoms with Crippen LogP contribution in [-0.4, -0.2) is 8.42 Å². The Morgan fingerprint density at radius 3 is 1.93 bits per heavy atom. The molecule has 0 N–H and O–H groups in total. The number of sulfone groups is 1. The topological polar surface area (TPSA) is 34.1 Å². The summed E-state index contributed by atoms with van der Waals surface area (Å²) < 4.78 is 31.9. The minimum absolute atomic E-state index is 0.0198. The van der Waals surface area contributed by atoms with Gasteiger partial charge in [-0.25, -0.2) is 8.42 Å². The van der Waals surface area contributed by atoms with E-state index < -0.39 is 9.84 Å². The van der Waals surface area contributed by atoms with Gasteiger partial charge in [-0.2, -0.15) is 0 Å². The van der Waals surface area contributed by atoms with E-state index in [2.05, 4.69) is 0 Å². The highest BCUT2D eigenvalue weighted by Crippen LogP contribution is 2.19. The van der Waals surface area contributed by atoms with Crippen LogP contribution in [0.15, 0.2) is 70.4 Å². The fraction of sp³-hybridized carbons (Fsp3) is 0. The number of hydrogen-bond donors (Lipinski definition) is 0. The van der Waals surface area contributed by atoms with Crippen LogP contribution in [-0.2, 0) is 9.84 Å². The molecule has 0 bridgehead atoms. The molecule has 2 nitrogen and oxygen atoms in total. The fourth-order valence-electron chi connectivity index (χ4n) is 1.27. The Morgan fingerprint density at radius 1 is 0.800 bits per heavy atom. The third-order valence-corrected chi connectivity index (χ3v) is 3.75. The zero-order valence-electron chi connectivity index (χ0n) is 8.92. The summed E-state index contributed by atoms with van der Waals surface area (Å²) in [5.74, 6) is 0. The van der Waals surface area contributed by atoms with E-state index in [-0.39, 0.29) is 15.8 Å². The average molecular weight is 219 g/mol. The van der Waals surface area contributed by atoms with Crippen molar-refractivity contribution in [1.82, 2.24) is 0 Å². The van der Waals surface area contributed by atoms with Crippen molar-refractivity contribution < 1.29 is 9.79 Å². The van der Waals surface area contributed by atoms with E-state index in [1.165, 1.54) is 24.3 Å². The lowest BCUT2D eigenvalue weighted by molar-refractivity contribution is 0.596. The first-order valence-electron chi connectivity index (χ1n) is 4.98. The summed E-state index contributed by atoms with van der Waals surface area (Å²) >= 11 is 0. The van der Waals surface area contributed by atoms with Gasteiger partial charge in [-0.3, -0.25) is 0 Å². The van der Waals surface area contributed by atoms with Crippen molar-refractivity contribution in [1.29, 1.82) is 0 Å². The first kappa shape index (κ1) is 8.68. The third-order valence-electron chi connectivity index (χ3n) is 2.02. The van der Waals surface area contributed by atoms with Gasteiger partial charge in [-0.15, -0.1) is 0 Å². The van der Waals surface area contributed by atoms with Gasteiger partial charge < -0.3 is 0 Å². The summed E-state index contributed by atoms with van der Waals surface area (Å²) in [5, 5.41) is 0. The molecule has 0 saturated heterocycles. The number of hydrogen-bond acceptors (Lipinski definition) is 2. The molecule has 15 heavy (non-hydrogen) atoms. The summed E-state index contributed by atoms with van der Waals surface area (Å²) in [5.41, 5.74) is 0. The number of benzene rings is 2. The summed E-state index contributed by atoms with van der Waals surface area (Å²) in [7, 11) is -3.56. The summed E-state index contributed by atoms with van der Waals surface area (Å²) in [6.45, 7) is 0. The SMILES string of the molecule is [2H]c1ccccc1S(=O)(=O)c1ccccc1. The standard InChI is InChI=1S/C12H10O2S/c13-15(14,11-7-3-1-4-8-11)12-9-5-2-6-10-12/h1-10H/i7D. The molecule has 0 unspecified atom stereocenters. The highest BCUT2D eigenvalue weighted by Gasteiger charge is 2.15. The second kappa shape index (κ2) is 3.87. The summed E-state index contributed by atoms with van der Waals surface area (Å²) in [6.07, 6.45) is 0. The second-order valence-corrected chi connectivity index (χ2v) is 4.96. The molecule has 0 aromatic heterocycles. The van der Waals surface area contributed by atoms with Crippen molar-refractivity contribution in [3.05, 3.63) is 60.6 Å². The first-order valence-corrected chi connectivity index (χ1v) is 5.96. The smallest absolute Gasteiger partial charge is 0.206 e. The van der Waals surface area contributed by atoms with Gasteiger partial charge in [-0.1, -0.05) is 36.4 Å². The van der Waals surface area contributed by atoms with Gasteiger partial charge in [0.15, 0.2) is 0 Å². The van der Waals surface area contributed by atoms with Gasteiger partial charge in [0.1, 0.15) is 0 Å². The molecule has 2 aromatic rings. The molecular formula is C12H10O2S. The van der Waals surface area contributed by atoms with Crippen LogP contribution in [0.25, 0.3) is 0 Å². The van der Waals surface area contributed by atoms with Gasteiger partial charge in [0.05, 0.1) is 11.2 Å². The van der Waals surface area contributed by atoms with Crippen molar-refractivity contribution >= 4 is 9.84 Å². The molecule has 3 heteroatoms. The lowest BCUT2D eigenvalue weighted by atomic mass is 10.4. The van der Waals surface area contributed by atoms with Gasteiger partial charge >= 0.3 is 0 Å². The molecule has 0 aliphatic rings. The van der Waals surface area contributed by atoms with Crippen molar-refractivity contribution in [2.45, 2.75) is 9.79 Å². The third kappa shape index (κ3) is 1.92. The zero-order valence-corrected chi connectivity index (χ0v) is 8.74. The van der Waals surface area contributed by atoms with Crippen LogP contribution >= 0.6 is 0 Å². The van der Waals surface area contributed by atoms with Crippen molar-refractivity contribution in [3.8, 4) is 0 Å². The minimum Gasteiger partial charge on any atom is -0.219 e. The van der Waals surface area contributed by atoms with E-state index in [0.29, 0.717) is 0 Å².